The van der Waals surface area contributed by atoms with Crippen molar-refractivity contribution in [1.29, 1.82) is 0 Å². The van der Waals surface area contributed by atoms with Crippen molar-refractivity contribution < 1.29 is 4.79 Å². The average Bonchev–Trinajstić information content (AvgIpc) is 3.09. The molecule has 2 nitrogen and oxygen atoms in total. The molecule has 1 aromatic heterocycles. The van der Waals surface area contributed by atoms with E-state index in [1.807, 2.05) is 47.9 Å². The smallest absolute Gasteiger partial charge is 0.255 e. The van der Waals surface area contributed by atoms with E-state index in [0.717, 1.165) is 23.4 Å². The number of carbonyl (C=O) groups excluding carboxylic acids is 1. The van der Waals surface area contributed by atoms with Gasteiger partial charge in [-0.15, -0.1) is 23.1 Å². The summed E-state index contributed by atoms with van der Waals surface area (Å²) in [5.41, 5.74) is 1.88. The fourth-order valence-electron chi connectivity index (χ4n) is 2.31. The van der Waals surface area contributed by atoms with Crippen LogP contribution in [0, 0.1) is 6.92 Å². The highest BCUT2D eigenvalue weighted by Crippen LogP contribution is 2.40. The Bertz CT molecular complexity index is 580. The zero-order valence-corrected chi connectivity index (χ0v) is 12.3. The van der Waals surface area contributed by atoms with E-state index >= 15 is 0 Å². The van der Waals surface area contributed by atoms with Crippen molar-refractivity contribution in [2.75, 3.05) is 12.3 Å². The minimum Gasteiger partial charge on any atom is -0.321 e. The molecule has 98 valence electrons. The monoisotopic (exact) mass is 289 g/mol. The van der Waals surface area contributed by atoms with Gasteiger partial charge in [-0.05, 0) is 30.0 Å². The Morgan fingerprint density at radius 3 is 2.84 bits per heavy atom. The van der Waals surface area contributed by atoms with Crippen LogP contribution in [0.2, 0.25) is 0 Å². The van der Waals surface area contributed by atoms with Gasteiger partial charge in [-0.25, -0.2) is 0 Å². The lowest BCUT2D eigenvalue weighted by atomic mass is 10.1. The Morgan fingerprint density at radius 1 is 1.26 bits per heavy atom. The van der Waals surface area contributed by atoms with Crippen LogP contribution in [0.4, 0.5) is 0 Å². The first-order valence-corrected chi connectivity index (χ1v) is 8.22. The summed E-state index contributed by atoms with van der Waals surface area (Å²) in [6, 6.07) is 12.0. The lowest BCUT2D eigenvalue weighted by molar-refractivity contribution is 0.0761. The number of thioether (sulfide) groups is 1. The van der Waals surface area contributed by atoms with Gasteiger partial charge in [0.25, 0.3) is 5.91 Å². The van der Waals surface area contributed by atoms with Gasteiger partial charge in [0.2, 0.25) is 0 Å². The van der Waals surface area contributed by atoms with Crippen molar-refractivity contribution >= 4 is 29.0 Å². The maximum atomic E-state index is 12.7. The molecule has 1 fully saturated rings. The Morgan fingerprint density at radius 2 is 2.11 bits per heavy atom. The van der Waals surface area contributed by atoms with Gasteiger partial charge in [0.15, 0.2) is 0 Å². The molecule has 0 saturated carbocycles. The third kappa shape index (κ3) is 2.42. The first kappa shape index (κ1) is 12.8. The molecule has 0 unspecified atom stereocenters. The van der Waals surface area contributed by atoms with Gasteiger partial charge in [-0.1, -0.05) is 24.3 Å². The highest BCUT2D eigenvalue weighted by Gasteiger charge is 2.32. The van der Waals surface area contributed by atoms with Crippen molar-refractivity contribution in [3.8, 4) is 0 Å². The molecule has 2 aromatic rings. The first-order valence-electron chi connectivity index (χ1n) is 6.29. The summed E-state index contributed by atoms with van der Waals surface area (Å²) in [7, 11) is 0. The Hall–Kier alpha value is -1.26. The third-order valence-corrected chi connectivity index (χ3v) is 5.63. The first-order chi connectivity index (χ1) is 9.27. The highest BCUT2D eigenvalue weighted by atomic mass is 32.2. The number of amides is 1. The molecule has 1 aliphatic rings. The summed E-state index contributed by atoms with van der Waals surface area (Å²) in [4.78, 5) is 16.0. The quantitative estimate of drug-likeness (QED) is 0.834. The second-order valence-electron chi connectivity index (χ2n) is 4.55. The van der Waals surface area contributed by atoms with Crippen molar-refractivity contribution in [1.82, 2.24) is 4.90 Å². The van der Waals surface area contributed by atoms with E-state index in [9.17, 15) is 4.79 Å². The molecule has 0 N–H and O–H groups in total. The summed E-state index contributed by atoms with van der Waals surface area (Å²) in [6.45, 7) is 2.83. The molecule has 1 aromatic carbocycles. The van der Waals surface area contributed by atoms with Crippen molar-refractivity contribution in [3.05, 3.63) is 57.8 Å². The number of thiophene rings is 1. The normalized spacial score (nSPS) is 18.8. The lowest BCUT2D eigenvalue weighted by Crippen LogP contribution is -2.30. The Labute approximate surface area is 121 Å². The van der Waals surface area contributed by atoms with Crippen molar-refractivity contribution in [2.24, 2.45) is 0 Å². The number of carbonyl (C=O) groups is 1. The minimum atomic E-state index is 0.154. The van der Waals surface area contributed by atoms with Gasteiger partial charge in [0.05, 0.1) is 0 Å². The van der Waals surface area contributed by atoms with Crippen LogP contribution in [0.15, 0.2) is 41.8 Å². The van der Waals surface area contributed by atoms with Crippen LogP contribution >= 0.6 is 23.1 Å². The molecular weight excluding hydrogens is 274 g/mol. The van der Waals surface area contributed by atoms with Crippen molar-refractivity contribution in [3.63, 3.8) is 0 Å². The van der Waals surface area contributed by atoms with Crippen molar-refractivity contribution in [2.45, 2.75) is 12.3 Å². The summed E-state index contributed by atoms with van der Waals surface area (Å²) in [6.07, 6.45) is 0. The fourth-order valence-corrected chi connectivity index (χ4v) is 4.55. The van der Waals surface area contributed by atoms with Crippen LogP contribution in [0.25, 0.3) is 0 Å². The minimum absolute atomic E-state index is 0.154. The van der Waals surface area contributed by atoms with Gasteiger partial charge in [-0.3, -0.25) is 4.79 Å². The van der Waals surface area contributed by atoms with E-state index in [2.05, 4.69) is 17.5 Å². The van der Waals surface area contributed by atoms with E-state index < -0.39 is 0 Å². The number of rotatable bonds is 2. The molecule has 0 radical (unpaired) electrons. The molecule has 2 heterocycles. The van der Waals surface area contributed by atoms with Gasteiger partial charge in [0.1, 0.15) is 5.37 Å². The molecular formula is C15H15NOS2. The summed E-state index contributed by atoms with van der Waals surface area (Å²) in [5.74, 6) is 1.17. The second-order valence-corrected chi connectivity index (χ2v) is 6.72. The van der Waals surface area contributed by atoms with E-state index in [0.29, 0.717) is 0 Å². The molecule has 0 aliphatic carbocycles. The molecule has 3 rings (SSSR count). The molecule has 1 atom stereocenters. The van der Waals surface area contributed by atoms with Crippen LogP contribution in [-0.2, 0) is 0 Å². The molecule has 1 aliphatic heterocycles. The molecule has 0 spiro atoms. The zero-order valence-electron chi connectivity index (χ0n) is 10.7. The van der Waals surface area contributed by atoms with E-state index in [4.69, 9.17) is 0 Å². The standard InChI is InChI=1S/C15H15NOS2/c1-11-5-2-3-6-12(11)14(17)16-8-10-19-15(16)13-7-4-9-18-13/h2-7,9,15H,8,10H2,1H3/t15-/m0/s1. The van der Waals surface area contributed by atoms with Crippen LogP contribution in [0.3, 0.4) is 0 Å². The Kier molecular flexibility index (Phi) is 3.62. The lowest BCUT2D eigenvalue weighted by Gasteiger charge is -2.23. The third-order valence-electron chi connectivity index (χ3n) is 3.31. The second kappa shape index (κ2) is 5.39. The predicted molar refractivity (Wildman–Crippen MR) is 81.7 cm³/mol. The molecule has 0 bridgehead atoms. The summed E-state index contributed by atoms with van der Waals surface area (Å²) in [5, 5.41) is 2.26. The van der Waals surface area contributed by atoms with E-state index in [1.165, 1.54) is 4.88 Å². The fraction of sp³-hybridized carbons (Fsp3) is 0.267. The van der Waals surface area contributed by atoms with Crippen LogP contribution < -0.4 is 0 Å². The number of hydrogen-bond acceptors (Lipinski definition) is 3. The molecule has 1 saturated heterocycles. The number of benzene rings is 1. The highest BCUT2D eigenvalue weighted by molar-refractivity contribution is 7.99. The van der Waals surface area contributed by atoms with Gasteiger partial charge < -0.3 is 4.90 Å². The van der Waals surface area contributed by atoms with Crippen LogP contribution in [-0.4, -0.2) is 23.1 Å². The number of nitrogens with zero attached hydrogens (tertiary/aromatic N) is 1. The predicted octanol–water partition coefficient (Wildman–Crippen LogP) is 3.94. The van der Waals surface area contributed by atoms with Crippen LogP contribution in [0.5, 0.6) is 0 Å². The summed E-state index contributed by atoms with van der Waals surface area (Å²) >= 11 is 3.58. The topological polar surface area (TPSA) is 20.3 Å². The number of aryl methyl sites for hydroxylation is 1. The molecule has 4 heteroatoms. The SMILES string of the molecule is Cc1ccccc1C(=O)N1CCS[C@H]1c1cccs1. The van der Waals surface area contributed by atoms with Gasteiger partial charge >= 0.3 is 0 Å². The van der Waals surface area contributed by atoms with Gasteiger partial charge in [-0.2, -0.15) is 0 Å². The molecule has 19 heavy (non-hydrogen) atoms. The number of hydrogen-bond donors (Lipinski definition) is 0. The van der Waals surface area contributed by atoms with Gasteiger partial charge in [0, 0.05) is 22.7 Å². The Balaban J connectivity index is 1.89. The maximum Gasteiger partial charge on any atom is 0.255 e. The van der Waals surface area contributed by atoms with E-state index in [-0.39, 0.29) is 11.3 Å². The van der Waals surface area contributed by atoms with Crippen LogP contribution in [0.1, 0.15) is 26.2 Å². The average molecular weight is 289 g/mol. The summed E-state index contributed by atoms with van der Waals surface area (Å²) < 4.78 is 0. The zero-order chi connectivity index (χ0) is 13.2. The largest absolute Gasteiger partial charge is 0.321 e. The molecule has 1 amide bonds. The maximum absolute atomic E-state index is 12.7. The van der Waals surface area contributed by atoms with E-state index in [1.54, 1.807) is 11.3 Å².